The predicted octanol–water partition coefficient (Wildman–Crippen LogP) is 1.71. The van der Waals surface area contributed by atoms with Crippen LogP contribution in [0, 0.1) is 11.8 Å². The Hall–Kier alpha value is -1.32. The van der Waals surface area contributed by atoms with Crippen LogP contribution in [0.4, 0.5) is 0 Å². The van der Waals surface area contributed by atoms with E-state index in [0.717, 1.165) is 25.7 Å². The maximum absolute atomic E-state index is 11.8. The topological polar surface area (TPSA) is 66.4 Å². The van der Waals surface area contributed by atoms with Gasteiger partial charge in [-0.2, -0.15) is 0 Å². The highest BCUT2D eigenvalue weighted by Gasteiger charge is 2.33. The molecule has 94 valence electrons. The van der Waals surface area contributed by atoms with Crippen LogP contribution >= 0.6 is 0 Å². The number of hydrogen-bond donors (Lipinski definition) is 2. The lowest BCUT2D eigenvalue weighted by atomic mass is 10.0. The van der Waals surface area contributed by atoms with Gasteiger partial charge in [-0.1, -0.05) is 12.2 Å². The molecule has 0 heterocycles. The van der Waals surface area contributed by atoms with Crippen molar-refractivity contribution in [2.24, 2.45) is 11.8 Å². The van der Waals surface area contributed by atoms with Gasteiger partial charge in [-0.05, 0) is 37.5 Å². The van der Waals surface area contributed by atoms with Crippen molar-refractivity contribution < 1.29 is 14.7 Å². The second-order valence-corrected chi connectivity index (χ2v) is 5.08. The van der Waals surface area contributed by atoms with E-state index < -0.39 is 5.97 Å². The molecule has 0 aromatic rings. The van der Waals surface area contributed by atoms with Crippen molar-refractivity contribution in [1.82, 2.24) is 5.32 Å². The molecule has 1 fully saturated rings. The molecule has 4 heteroatoms. The maximum Gasteiger partial charge on any atom is 0.305 e. The molecule has 2 aliphatic rings. The molecule has 0 aromatic heterocycles. The number of carbonyl (C=O) groups is 2. The number of amides is 1. The molecule has 1 amide bonds. The van der Waals surface area contributed by atoms with E-state index in [9.17, 15) is 9.59 Å². The largest absolute Gasteiger partial charge is 0.481 e. The van der Waals surface area contributed by atoms with Gasteiger partial charge in [-0.15, -0.1) is 0 Å². The first-order valence-electron chi connectivity index (χ1n) is 6.33. The van der Waals surface area contributed by atoms with Crippen molar-refractivity contribution >= 4 is 11.9 Å². The van der Waals surface area contributed by atoms with Crippen molar-refractivity contribution in [2.45, 2.75) is 44.6 Å². The van der Waals surface area contributed by atoms with Gasteiger partial charge in [0.1, 0.15) is 0 Å². The molecular weight excluding hydrogens is 218 g/mol. The first kappa shape index (κ1) is 12.1. The number of carboxylic acids is 1. The van der Waals surface area contributed by atoms with Crippen LogP contribution in [0.25, 0.3) is 0 Å². The average Bonchev–Trinajstić information content (AvgIpc) is 2.97. The molecule has 0 saturated heterocycles. The molecule has 2 atom stereocenters. The van der Waals surface area contributed by atoms with Gasteiger partial charge in [0.25, 0.3) is 0 Å². The van der Waals surface area contributed by atoms with Crippen LogP contribution in [-0.2, 0) is 9.59 Å². The molecule has 2 rings (SSSR count). The van der Waals surface area contributed by atoms with Crippen molar-refractivity contribution in [3.8, 4) is 0 Å². The summed E-state index contributed by atoms with van der Waals surface area (Å²) in [5, 5.41) is 11.7. The van der Waals surface area contributed by atoms with Crippen LogP contribution in [0.3, 0.4) is 0 Å². The molecule has 0 aliphatic heterocycles. The highest BCUT2D eigenvalue weighted by molar-refractivity contribution is 5.78. The van der Waals surface area contributed by atoms with E-state index in [1.807, 2.05) is 0 Å². The normalized spacial score (nSPS) is 24.6. The molecule has 1 saturated carbocycles. The van der Waals surface area contributed by atoms with Crippen LogP contribution in [-0.4, -0.2) is 23.0 Å². The molecule has 2 N–H and O–H groups in total. The first-order chi connectivity index (χ1) is 8.15. The summed E-state index contributed by atoms with van der Waals surface area (Å²) in [7, 11) is 0. The van der Waals surface area contributed by atoms with Gasteiger partial charge in [-0.25, -0.2) is 0 Å². The van der Waals surface area contributed by atoms with Crippen LogP contribution in [0.15, 0.2) is 12.2 Å². The average molecular weight is 237 g/mol. The Bertz CT molecular complexity index is 334. The van der Waals surface area contributed by atoms with Crippen molar-refractivity contribution in [3.63, 3.8) is 0 Å². The summed E-state index contributed by atoms with van der Waals surface area (Å²) in [5.41, 5.74) is 0. The van der Waals surface area contributed by atoms with Crippen LogP contribution in [0.5, 0.6) is 0 Å². The van der Waals surface area contributed by atoms with Gasteiger partial charge in [0.2, 0.25) is 5.91 Å². The number of carbonyl (C=O) groups excluding carboxylic acids is 1. The minimum atomic E-state index is -0.831. The molecule has 2 unspecified atom stereocenters. The molecule has 4 nitrogen and oxygen atoms in total. The van der Waals surface area contributed by atoms with E-state index in [1.165, 1.54) is 0 Å². The highest BCUT2D eigenvalue weighted by Crippen LogP contribution is 2.34. The highest BCUT2D eigenvalue weighted by atomic mass is 16.4. The molecule has 0 radical (unpaired) electrons. The lowest BCUT2D eigenvalue weighted by Gasteiger charge is -2.17. The summed E-state index contributed by atoms with van der Waals surface area (Å²) >= 11 is 0. The zero-order valence-electron chi connectivity index (χ0n) is 9.89. The minimum Gasteiger partial charge on any atom is -0.481 e. The van der Waals surface area contributed by atoms with E-state index in [2.05, 4.69) is 17.5 Å². The summed E-state index contributed by atoms with van der Waals surface area (Å²) in [6.07, 6.45) is 8.93. The molecule has 0 aromatic carbocycles. The predicted molar refractivity (Wildman–Crippen MR) is 63.4 cm³/mol. The second-order valence-electron chi connectivity index (χ2n) is 5.08. The molecule has 2 aliphatic carbocycles. The number of carboxylic acid groups (broad SMARTS) is 1. The van der Waals surface area contributed by atoms with Gasteiger partial charge < -0.3 is 10.4 Å². The molecular formula is C13H19NO3. The summed E-state index contributed by atoms with van der Waals surface area (Å²) in [5.74, 6) is -0.100. The number of hydrogen-bond acceptors (Lipinski definition) is 2. The van der Waals surface area contributed by atoms with Crippen molar-refractivity contribution in [3.05, 3.63) is 12.2 Å². The SMILES string of the molecule is O=C(O)CC(NC(=O)CC1C=CCC1)C1CC1. The standard InChI is InChI=1S/C13H19NO3/c15-12(7-9-3-1-2-4-9)14-11(8-13(16)17)10-5-6-10/h1,3,9-11H,2,4-8H2,(H,14,15)(H,16,17). The van der Waals surface area contributed by atoms with E-state index in [0.29, 0.717) is 18.3 Å². The van der Waals surface area contributed by atoms with Crippen LogP contribution < -0.4 is 5.32 Å². The van der Waals surface area contributed by atoms with Gasteiger partial charge in [-0.3, -0.25) is 9.59 Å². The lowest BCUT2D eigenvalue weighted by Crippen LogP contribution is -2.38. The fourth-order valence-electron chi connectivity index (χ4n) is 2.39. The summed E-state index contributed by atoms with van der Waals surface area (Å²) in [4.78, 5) is 22.5. The Kier molecular flexibility index (Phi) is 3.82. The van der Waals surface area contributed by atoms with Gasteiger partial charge in [0.15, 0.2) is 0 Å². The zero-order chi connectivity index (χ0) is 12.3. The Morgan fingerprint density at radius 2 is 2.12 bits per heavy atom. The zero-order valence-corrected chi connectivity index (χ0v) is 9.89. The number of nitrogens with one attached hydrogen (secondary N) is 1. The minimum absolute atomic E-state index is 0.000278. The van der Waals surface area contributed by atoms with Crippen molar-refractivity contribution in [1.29, 1.82) is 0 Å². The second kappa shape index (κ2) is 5.34. The van der Waals surface area contributed by atoms with Gasteiger partial charge in [0, 0.05) is 12.5 Å². The van der Waals surface area contributed by atoms with E-state index in [4.69, 9.17) is 5.11 Å². The quantitative estimate of drug-likeness (QED) is 0.691. The van der Waals surface area contributed by atoms with E-state index >= 15 is 0 Å². The third-order valence-electron chi connectivity index (χ3n) is 3.49. The summed E-state index contributed by atoms with van der Waals surface area (Å²) < 4.78 is 0. The fourth-order valence-corrected chi connectivity index (χ4v) is 2.39. The Balaban J connectivity index is 1.78. The maximum atomic E-state index is 11.8. The third-order valence-corrected chi connectivity index (χ3v) is 3.49. The van der Waals surface area contributed by atoms with Crippen LogP contribution in [0.2, 0.25) is 0 Å². The smallest absolute Gasteiger partial charge is 0.305 e. The Labute approximate surface area is 101 Å². The molecule has 17 heavy (non-hydrogen) atoms. The Morgan fingerprint density at radius 1 is 1.35 bits per heavy atom. The molecule has 0 spiro atoms. The third kappa shape index (κ3) is 3.88. The monoisotopic (exact) mass is 237 g/mol. The van der Waals surface area contributed by atoms with Crippen LogP contribution in [0.1, 0.15) is 38.5 Å². The number of aliphatic carboxylic acids is 1. The number of rotatable bonds is 6. The van der Waals surface area contributed by atoms with Crippen molar-refractivity contribution in [2.75, 3.05) is 0 Å². The molecule has 0 bridgehead atoms. The van der Waals surface area contributed by atoms with Gasteiger partial charge in [0.05, 0.1) is 6.42 Å². The fraction of sp³-hybridized carbons (Fsp3) is 0.692. The van der Waals surface area contributed by atoms with Gasteiger partial charge >= 0.3 is 5.97 Å². The summed E-state index contributed by atoms with van der Waals surface area (Å²) in [6.45, 7) is 0. The summed E-state index contributed by atoms with van der Waals surface area (Å²) in [6, 6.07) is -0.162. The first-order valence-corrected chi connectivity index (χ1v) is 6.33. The lowest BCUT2D eigenvalue weighted by molar-refractivity contribution is -0.137. The van der Waals surface area contributed by atoms with E-state index in [-0.39, 0.29) is 18.4 Å². The van der Waals surface area contributed by atoms with E-state index in [1.54, 1.807) is 0 Å². The number of allylic oxidation sites excluding steroid dienone is 2. The Morgan fingerprint density at radius 3 is 2.65 bits per heavy atom.